The van der Waals surface area contributed by atoms with Crippen LogP contribution in [0.25, 0.3) is 0 Å². The van der Waals surface area contributed by atoms with Gasteiger partial charge >= 0.3 is 0 Å². The summed E-state index contributed by atoms with van der Waals surface area (Å²) in [6.07, 6.45) is -1.03. The Kier molecular flexibility index (Phi) is 6.48. The summed E-state index contributed by atoms with van der Waals surface area (Å²) in [5.41, 5.74) is 6.01. The van der Waals surface area contributed by atoms with Gasteiger partial charge in [-0.25, -0.2) is 4.39 Å². The number of carbonyl (C=O) groups excluding carboxylic acids is 3. The summed E-state index contributed by atoms with van der Waals surface area (Å²) in [6.45, 7) is 4.58. The molecule has 0 saturated carbocycles. The SMILES string of the molecule is CC(=O)Nc1cc(C(=O)NNC(=O)C(C)Oc2ccccc2F)ccc1C. The third-order valence-corrected chi connectivity index (χ3v) is 3.62. The lowest BCUT2D eigenvalue weighted by molar-refractivity contribution is -0.128. The van der Waals surface area contributed by atoms with Gasteiger partial charge in [-0.1, -0.05) is 18.2 Å². The zero-order chi connectivity index (χ0) is 20.0. The van der Waals surface area contributed by atoms with Gasteiger partial charge in [-0.15, -0.1) is 0 Å². The van der Waals surface area contributed by atoms with E-state index in [1.165, 1.54) is 38.1 Å². The molecule has 0 heterocycles. The molecular weight excluding hydrogens is 353 g/mol. The van der Waals surface area contributed by atoms with Crippen LogP contribution >= 0.6 is 0 Å². The Bertz CT molecular complexity index is 870. The average molecular weight is 373 g/mol. The number of ether oxygens (including phenoxy) is 1. The summed E-state index contributed by atoms with van der Waals surface area (Å²) < 4.78 is 18.8. The molecule has 1 atom stereocenters. The molecule has 3 N–H and O–H groups in total. The molecule has 142 valence electrons. The number of rotatable bonds is 5. The van der Waals surface area contributed by atoms with Gasteiger partial charge in [0.2, 0.25) is 5.91 Å². The van der Waals surface area contributed by atoms with E-state index in [2.05, 4.69) is 16.2 Å². The summed E-state index contributed by atoms with van der Waals surface area (Å²) in [5.74, 6) is -2.15. The van der Waals surface area contributed by atoms with E-state index in [4.69, 9.17) is 4.74 Å². The van der Waals surface area contributed by atoms with Gasteiger partial charge in [-0.2, -0.15) is 0 Å². The van der Waals surface area contributed by atoms with Crippen LogP contribution in [0.2, 0.25) is 0 Å². The number of hydrazine groups is 1. The first-order valence-electron chi connectivity index (χ1n) is 8.17. The van der Waals surface area contributed by atoms with Crippen LogP contribution in [0.3, 0.4) is 0 Å². The predicted molar refractivity (Wildman–Crippen MR) is 97.6 cm³/mol. The molecule has 2 rings (SSSR count). The second-order valence-electron chi connectivity index (χ2n) is 5.84. The first-order chi connectivity index (χ1) is 12.8. The molecule has 0 aliphatic rings. The highest BCUT2D eigenvalue weighted by molar-refractivity contribution is 5.98. The standard InChI is InChI=1S/C19H20FN3O4/c1-11-8-9-14(10-16(11)21-13(3)24)19(26)23-22-18(25)12(2)27-17-7-5-4-6-15(17)20/h4-10,12H,1-3H3,(H,21,24)(H,22,25)(H,23,26). The fourth-order valence-electron chi connectivity index (χ4n) is 2.16. The number of hydrogen-bond donors (Lipinski definition) is 3. The molecule has 0 saturated heterocycles. The lowest BCUT2D eigenvalue weighted by Gasteiger charge is -2.16. The highest BCUT2D eigenvalue weighted by Crippen LogP contribution is 2.18. The number of halogens is 1. The second kappa shape index (κ2) is 8.79. The lowest BCUT2D eigenvalue weighted by atomic mass is 10.1. The minimum atomic E-state index is -1.03. The number of anilines is 1. The minimum Gasteiger partial charge on any atom is -0.478 e. The van der Waals surface area contributed by atoms with Crippen LogP contribution in [0.15, 0.2) is 42.5 Å². The number of amides is 3. The van der Waals surface area contributed by atoms with Crippen LogP contribution in [0.5, 0.6) is 5.75 Å². The van der Waals surface area contributed by atoms with Crippen molar-refractivity contribution in [3.8, 4) is 5.75 Å². The number of carbonyl (C=O) groups is 3. The molecule has 0 fully saturated rings. The molecule has 2 aromatic carbocycles. The van der Waals surface area contributed by atoms with Gasteiger partial charge in [0.1, 0.15) is 0 Å². The monoisotopic (exact) mass is 373 g/mol. The summed E-state index contributed by atoms with van der Waals surface area (Å²) >= 11 is 0. The van der Waals surface area contributed by atoms with Crippen molar-refractivity contribution in [3.05, 3.63) is 59.4 Å². The van der Waals surface area contributed by atoms with Crippen LogP contribution in [0, 0.1) is 12.7 Å². The summed E-state index contributed by atoms with van der Waals surface area (Å²) in [4.78, 5) is 35.4. The molecule has 0 spiro atoms. The zero-order valence-electron chi connectivity index (χ0n) is 15.1. The molecule has 0 aliphatic heterocycles. The predicted octanol–water partition coefficient (Wildman–Crippen LogP) is 2.32. The highest BCUT2D eigenvalue weighted by atomic mass is 19.1. The van der Waals surface area contributed by atoms with E-state index in [-0.39, 0.29) is 17.2 Å². The molecule has 2 aromatic rings. The van der Waals surface area contributed by atoms with Crippen LogP contribution < -0.4 is 20.9 Å². The second-order valence-corrected chi connectivity index (χ2v) is 5.84. The largest absolute Gasteiger partial charge is 0.478 e. The maximum Gasteiger partial charge on any atom is 0.279 e. The van der Waals surface area contributed by atoms with Crippen molar-refractivity contribution in [3.63, 3.8) is 0 Å². The number of nitrogens with one attached hydrogen (secondary N) is 3. The van der Waals surface area contributed by atoms with Gasteiger partial charge in [0.15, 0.2) is 17.7 Å². The van der Waals surface area contributed by atoms with Crippen molar-refractivity contribution in [2.45, 2.75) is 26.9 Å². The summed E-state index contributed by atoms with van der Waals surface area (Å²) in [7, 11) is 0. The van der Waals surface area contributed by atoms with Crippen LogP contribution in [0.4, 0.5) is 10.1 Å². The van der Waals surface area contributed by atoms with Crippen molar-refractivity contribution in [1.29, 1.82) is 0 Å². The molecular formula is C19H20FN3O4. The number of hydrogen-bond acceptors (Lipinski definition) is 4. The molecule has 27 heavy (non-hydrogen) atoms. The molecule has 7 nitrogen and oxygen atoms in total. The van der Waals surface area contributed by atoms with Gasteiger partial charge in [-0.3, -0.25) is 25.2 Å². The molecule has 0 aromatic heterocycles. The fourth-order valence-corrected chi connectivity index (χ4v) is 2.16. The lowest BCUT2D eigenvalue weighted by Crippen LogP contribution is -2.47. The Morgan fingerprint density at radius 3 is 2.44 bits per heavy atom. The van der Waals surface area contributed by atoms with Crippen LogP contribution in [0.1, 0.15) is 29.8 Å². The quantitative estimate of drug-likeness (QED) is 0.701. The average Bonchev–Trinajstić information content (AvgIpc) is 2.62. The van der Waals surface area contributed by atoms with E-state index in [1.54, 1.807) is 25.1 Å². The van der Waals surface area contributed by atoms with Crippen molar-refractivity contribution in [2.75, 3.05) is 5.32 Å². The van der Waals surface area contributed by atoms with Gasteiger partial charge in [0.05, 0.1) is 0 Å². The van der Waals surface area contributed by atoms with E-state index in [0.29, 0.717) is 5.69 Å². The van der Waals surface area contributed by atoms with Gasteiger partial charge in [-0.05, 0) is 43.7 Å². The Morgan fingerprint density at radius 1 is 1.07 bits per heavy atom. The first kappa shape index (κ1) is 19.9. The Morgan fingerprint density at radius 2 is 1.78 bits per heavy atom. The highest BCUT2D eigenvalue weighted by Gasteiger charge is 2.17. The smallest absolute Gasteiger partial charge is 0.279 e. The maximum absolute atomic E-state index is 13.6. The molecule has 0 aliphatic carbocycles. The third-order valence-electron chi connectivity index (χ3n) is 3.62. The van der Waals surface area contributed by atoms with E-state index in [9.17, 15) is 18.8 Å². The maximum atomic E-state index is 13.6. The Labute approximate surface area is 155 Å². The fraction of sp³-hybridized carbons (Fsp3) is 0.211. The molecule has 3 amide bonds. The number of para-hydroxylation sites is 1. The van der Waals surface area contributed by atoms with Crippen molar-refractivity contribution in [2.24, 2.45) is 0 Å². The van der Waals surface area contributed by atoms with Gasteiger partial charge < -0.3 is 10.1 Å². The van der Waals surface area contributed by atoms with E-state index >= 15 is 0 Å². The number of benzene rings is 2. The van der Waals surface area contributed by atoms with Crippen molar-refractivity contribution < 1.29 is 23.5 Å². The van der Waals surface area contributed by atoms with Gasteiger partial charge in [0, 0.05) is 18.2 Å². The molecule has 0 bridgehead atoms. The minimum absolute atomic E-state index is 0.0649. The molecule has 0 radical (unpaired) electrons. The van der Waals surface area contributed by atoms with Gasteiger partial charge in [0.25, 0.3) is 11.8 Å². The molecule has 1 unspecified atom stereocenters. The topological polar surface area (TPSA) is 96.5 Å². The van der Waals surface area contributed by atoms with Crippen LogP contribution in [-0.4, -0.2) is 23.8 Å². The first-order valence-corrected chi connectivity index (χ1v) is 8.17. The van der Waals surface area contributed by atoms with Crippen molar-refractivity contribution >= 4 is 23.4 Å². The van der Waals surface area contributed by atoms with E-state index in [1.807, 2.05) is 0 Å². The summed E-state index contributed by atoms with van der Waals surface area (Å²) in [6, 6.07) is 10.4. The zero-order valence-corrected chi connectivity index (χ0v) is 15.1. The normalized spacial score (nSPS) is 11.3. The summed E-state index contributed by atoms with van der Waals surface area (Å²) in [5, 5.41) is 2.62. The van der Waals surface area contributed by atoms with E-state index < -0.39 is 23.7 Å². The third kappa shape index (κ3) is 5.53. The van der Waals surface area contributed by atoms with Crippen LogP contribution in [-0.2, 0) is 9.59 Å². The van der Waals surface area contributed by atoms with E-state index in [0.717, 1.165) is 5.56 Å². The van der Waals surface area contributed by atoms with Crippen molar-refractivity contribution in [1.82, 2.24) is 10.9 Å². The number of aryl methyl sites for hydroxylation is 1. The molecule has 8 heteroatoms. The Hall–Kier alpha value is -3.42. The Balaban J connectivity index is 1.95.